The molecule has 22 heavy (non-hydrogen) atoms. The van der Waals surface area contributed by atoms with Gasteiger partial charge in [0.2, 0.25) is 5.91 Å². The molecule has 5 N–H and O–H groups in total. The average molecular weight is 312 g/mol. The maximum atomic E-state index is 11.6. The number of nitrogens with one attached hydrogen (secondary N) is 3. The Kier molecular flexibility index (Phi) is 5.65. The molecule has 5 unspecified atom stereocenters. The van der Waals surface area contributed by atoms with Crippen LogP contribution in [0.5, 0.6) is 0 Å². The van der Waals surface area contributed by atoms with Gasteiger partial charge in [-0.15, -0.1) is 0 Å². The summed E-state index contributed by atoms with van der Waals surface area (Å²) in [6.45, 7) is 1.93. The summed E-state index contributed by atoms with van der Waals surface area (Å²) < 4.78 is 5.76. The lowest BCUT2D eigenvalue weighted by molar-refractivity contribution is -0.121. The van der Waals surface area contributed by atoms with E-state index >= 15 is 0 Å². The maximum Gasteiger partial charge on any atom is 0.220 e. The van der Waals surface area contributed by atoms with Gasteiger partial charge in [-0.1, -0.05) is 0 Å². The first-order chi connectivity index (χ1) is 10.8. The molecule has 2 aliphatic heterocycles. The van der Waals surface area contributed by atoms with Crippen molar-refractivity contribution < 1.29 is 14.4 Å². The largest absolute Gasteiger partial charge is 0.378 e. The number of hydrogen-bond donors (Lipinski definition) is 4. The van der Waals surface area contributed by atoms with E-state index in [0.29, 0.717) is 43.9 Å². The van der Waals surface area contributed by atoms with E-state index in [1.165, 1.54) is 19.3 Å². The fourth-order valence-electron chi connectivity index (χ4n) is 3.83. The predicted molar refractivity (Wildman–Crippen MR) is 81.4 cm³/mol. The molecular weight excluding hydrogens is 284 g/mol. The van der Waals surface area contributed by atoms with Crippen LogP contribution in [0, 0.1) is 11.8 Å². The quantitative estimate of drug-likeness (QED) is 0.543. The maximum absolute atomic E-state index is 11.6. The van der Waals surface area contributed by atoms with Crippen molar-refractivity contribution in [3.8, 4) is 0 Å². The van der Waals surface area contributed by atoms with Gasteiger partial charge in [0.1, 0.15) is 6.23 Å². The van der Waals surface area contributed by atoms with Gasteiger partial charge in [-0.3, -0.25) is 14.9 Å². The Labute approximate surface area is 131 Å². The molecule has 2 heterocycles. The van der Waals surface area contributed by atoms with Crippen LogP contribution < -0.4 is 21.8 Å². The molecule has 126 valence electrons. The lowest BCUT2D eigenvalue weighted by Gasteiger charge is -2.33. The summed E-state index contributed by atoms with van der Waals surface area (Å²) >= 11 is 0. The van der Waals surface area contributed by atoms with Crippen molar-refractivity contribution in [1.29, 1.82) is 0 Å². The minimum Gasteiger partial charge on any atom is -0.378 e. The Bertz CT molecular complexity index is 382. The van der Waals surface area contributed by atoms with Crippen LogP contribution in [0.1, 0.15) is 38.5 Å². The smallest absolute Gasteiger partial charge is 0.220 e. The third kappa shape index (κ3) is 3.97. The zero-order chi connectivity index (χ0) is 15.4. The van der Waals surface area contributed by atoms with Crippen LogP contribution in [0.25, 0.3) is 0 Å². The molecule has 0 radical (unpaired) electrons. The van der Waals surface area contributed by atoms with Crippen molar-refractivity contribution in [2.45, 2.75) is 57.0 Å². The van der Waals surface area contributed by atoms with Crippen molar-refractivity contribution in [2.24, 2.45) is 17.6 Å². The molecule has 3 aliphatic rings. The van der Waals surface area contributed by atoms with Crippen LogP contribution in [-0.4, -0.2) is 44.1 Å². The van der Waals surface area contributed by atoms with Gasteiger partial charge in [0, 0.05) is 26.1 Å². The normalized spacial score (nSPS) is 38.0. The van der Waals surface area contributed by atoms with E-state index in [1.54, 1.807) is 0 Å². The van der Waals surface area contributed by atoms with Crippen molar-refractivity contribution >= 4 is 5.91 Å². The van der Waals surface area contributed by atoms with E-state index in [1.807, 2.05) is 0 Å². The Hall–Kier alpha value is -0.730. The Morgan fingerprint density at radius 3 is 3.05 bits per heavy atom. The number of hydroxylamine groups is 1. The second kappa shape index (κ2) is 7.70. The highest BCUT2D eigenvalue weighted by Gasteiger charge is 2.40. The highest BCUT2D eigenvalue weighted by Crippen LogP contribution is 2.38. The number of nitrogens with two attached hydrogens (primary N) is 1. The highest BCUT2D eigenvalue weighted by atomic mass is 16.7. The van der Waals surface area contributed by atoms with Gasteiger partial charge < -0.3 is 15.8 Å². The number of carbonyl (C=O) groups excluding carboxylic acids is 1. The van der Waals surface area contributed by atoms with Gasteiger partial charge in [-0.2, -0.15) is 5.48 Å². The highest BCUT2D eigenvalue weighted by molar-refractivity contribution is 5.75. The molecule has 1 saturated carbocycles. The van der Waals surface area contributed by atoms with Gasteiger partial charge in [0.25, 0.3) is 0 Å². The molecule has 1 aliphatic carbocycles. The Balaban J connectivity index is 1.38. The number of carbonyl (C=O) groups is 1. The van der Waals surface area contributed by atoms with Crippen molar-refractivity contribution in [1.82, 2.24) is 16.1 Å². The summed E-state index contributed by atoms with van der Waals surface area (Å²) in [7, 11) is 0. The molecule has 3 rings (SSSR count). The van der Waals surface area contributed by atoms with Crippen LogP contribution in [0.2, 0.25) is 0 Å². The summed E-state index contributed by atoms with van der Waals surface area (Å²) in [6, 6.07) is 0. The van der Waals surface area contributed by atoms with E-state index in [4.69, 9.17) is 15.3 Å². The standard InChI is InChI=1S/C15H28N4O3/c16-6-7-17-13(20)3-4-14-18-15(19-22-14)11-1-2-12-10(9-11)5-8-21-12/h10-12,14-15,18-19H,1-9,16H2,(H,17,20). The minimum absolute atomic E-state index is 0.0305. The fraction of sp³-hybridized carbons (Fsp3) is 0.933. The predicted octanol–water partition coefficient (Wildman–Crippen LogP) is -0.177. The Morgan fingerprint density at radius 2 is 2.18 bits per heavy atom. The molecule has 0 bridgehead atoms. The second-order valence-corrected chi connectivity index (χ2v) is 6.58. The SMILES string of the molecule is NCCNC(=O)CCC1NC(C2CCC3OCCC3C2)NO1. The van der Waals surface area contributed by atoms with Gasteiger partial charge >= 0.3 is 0 Å². The number of amides is 1. The van der Waals surface area contributed by atoms with E-state index in [0.717, 1.165) is 13.0 Å². The summed E-state index contributed by atoms with van der Waals surface area (Å²) in [5.74, 6) is 1.32. The average Bonchev–Trinajstić information content (AvgIpc) is 3.18. The third-order valence-corrected chi connectivity index (χ3v) is 5.05. The molecule has 2 saturated heterocycles. The molecular formula is C15H28N4O3. The second-order valence-electron chi connectivity index (χ2n) is 6.58. The van der Waals surface area contributed by atoms with Gasteiger partial charge in [-0.25, -0.2) is 0 Å². The molecule has 0 aromatic carbocycles. The minimum atomic E-state index is -0.0915. The van der Waals surface area contributed by atoms with Crippen molar-refractivity contribution in [2.75, 3.05) is 19.7 Å². The van der Waals surface area contributed by atoms with E-state index < -0.39 is 0 Å². The van der Waals surface area contributed by atoms with Crippen LogP contribution in [-0.2, 0) is 14.4 Å². The van der Waals surface area contributed by atoms with Crippen molar-refractivity contribution in [3.63, 3.8) is 0 Å². The molecule has 1 amide bonds. The zero-order valence-corrected chi connectivity index (χ0v) is 13.1. The van der Waals surface area contributed by atoms with Crippen LogP contribution in [0.15, 0.2) is 0 Å². The van der Waals surface area contributed by atoms with Crippen molar-refractivity contribution in [3.05, 3.63) is 0 Å². The molecule has 0 spiro atoms. The number of fused-ring (bicyclic) bond motifs is 1. The van der Waals surface area contributed by atoms with E-state index in [9.17, 15) is 4.79 Å². The lowest BCUT2D eigenvalue weighted by Crippen LogP contribution is -2.44. The van der Waals surface area contributed by atoms with Crippen LogP contribution >= 0.6 is 0 Å². The van der Waals surface area contributed by atoms with E-state index in [2.05, 4.69) is 16.1 Å². The van der Waals surface area contributed by atoms with Crippen LogP contribution in [0.4, 0.5) is 0 Å². The summed E-state index contributed by atoms with van der Waals surface area (Å²) in [5.41, 5.74) is 8.48. The molecule has 7 nitrogen and oxygen atoms in total. The monoisotopic (exact) mass is 312 g/mol. The molecule has 0 aromatic rings. The molecule has 0 aromatic heterocycles. The number of ether oxygens (including phenoxy) is 1. The fourth-order valence-corrected chi connectivity index (χ4v) is 3.83. The summed E-state index contributed by atoms with van der Waals surface area (Å²) in [4.78, 5) is 17.2. The first-order valence-corrected chi connectivity index (χ1v) is 8.52. The number of hydrogen-bond acceptors (Lipinski definition) is 6. The topological polar surface area (TPSA) is 97.6 Å². The third-order valence-electron chi connectivity index (χ3n) is 5.05. The van der Waals surface area contributed by atoms with E-state index in [-0.39, 0.29) is 18.3 Å². The van der Waals surface area contributed by atoms with Crippen LogP contribution in [0.3, 0.4) is 0 Å². The zero-order valence-electron chi connectivity index (χ0n) is 13.1. The summed E-state index contributed by atoms with van der Waals surface area (Å²) in [6.07, 6.45) is 6.42. The van der Waals surface area contributed by atoms with Gasteiger partial charge in [0.05, 0.1) is 12.3 Å². The molecule has 3 fully saturated rings. The Morgan fingerprint density at radius 1 is 1.27 bits per heavy atom. The first-order valence-electron chi connectivity index (χ1n) is 8.52. The van der Waals surface area contributed by atoms with Gasteiger partial charge in [0.15, 0.2) is 0 Å². The first kappa shape index (κ1) is 16.1. The van der Waals surface area contributed by atoms with Gasteiger partial charge in [-0.05, 0) is 43.9 Å². The molecule has 5 atom stereocenters. The molecule has 7 heteroatoms. The lowest BCUT2D eigenvalue weighted by atomic mass is 9.78. The summed E-state index contributed by atoms with van der Waals surface area (Å²) in [5, 5.41) is 6.25. The number of rotatable bonds is 6.